The van der Waals surface area contributed by atoms with Crippen molar-refractivity contribution in [3.05, 3.63) is 29.3 Å². The van der Waals surface area contributed by atoms with Gasteiger partial charge in [0.2, 0.25) is 0 Å². The van der Waals surface area contributed by atoms with Crippen LogP contribution in [0.3, 0.4) is 0 Å². The maximum absolute atomic E-state index is 11.5. The summed E-state index contributed by atoms with van der Waals surface area (Å²) in [6, 6.07) is 6.77. The van der Waals surface area contributed by atoms with Crippen molar-refractivity contribution in [2.45, 2.75) is 19.8 Å². The van der Waals surface area contributed by atoms with Crippen LogP contribution < -0.4 is 10.6 Å². The topological polar surface area (TPSA) is 58.2 Å². The summed E-state index contributed by atoms with van der Waals surface area (Å²) in [5.41, 5.74) is 0.435. The van der Waals surface area contributed by atoms with Gasteiger partial charge in [0, 0.05) is 6.54 Å². The quantitative estimate of drug-likeness (QED) is 0.639. The molecule has 0 bridgehead atoms. The fourth-order valence-electron chi connectivity index (χ4n) is 1.20. The van der Waals surface area contributed by atoms with E-state index in [1.165, 1.54) is 0 Å². The van der Waals surface area contributed by atoms with Crippen molar-refractivity contribution in [3.8, 4) is 0 Å². The van der Waals surface area contributed by atoms with Crippen LogP contribution >= 0.6 is 11.6 Å². The minimum absolute atomic E-state index is 0.405. The molecule has 0 saturated heterocycles. The largest absolute Gasteiger partial charge is 0.348 e. The summed E-state index contributed by atoms with van der Waals surface area (Å²) in [4.78, 5) is 22.8. The molecule has 2 amide bonds. The SMILES string of the molecule is CCCCNC(=O)C(=O)Nc1ccccc1Cl. The van der Waals surface area contributed by atoms with Crippen LogP contribution in [0.1, 0.15) is 19.8 Å². The molecule has 0 aliphatic heterocycles. The number of nitrogens with one attached hydrogen (secondary N) is 2. The van der Waals surface area contributed by atoms with Crippen LogP contribution in [0.15, 0.2) is 24.3 Å². The van der Waals surface area contributed by atoms with Crippen LogP contribution in [0, 0.1) is 0 Å². The molecule has 0 radical (unpaired) electrons. The molecule has 17 heavy (non-hydrogen) atoms. The average molecular weight is 255 g/mol. The van der Waals surface area contributed by atoms with E-state index in [1.807, 2.05) is 6.92 Å². The van der Waals surface area contributed by atoms with Gasteiger partial charge in [-0.3, -0.25) is 9.59 Å². The van der Waals surface area contributed by atoms with Gasteiger partial charge in [-0.05, 0) is 18.6 Å². The van der Waals surface area contributed by atoms with Crippen LogP contribution in [-0.2, 0) is 9.59 Å². The first-order chi connectivity index (χ1) is 8.15. The minimum Gasteiger partial charge on any atom is -0.348 e. The summed E-state index contributed by atoms with van der Waals surface area (Å²) in [5.74, 6) is -1.34. The molecule has 0 saturated carbocycles. The van der Waals surface area contributed by atoms with E-state index >= 15 is 0 Å². The second kappa shape index (κ2) is 6.91. The number of hydrogen-bond donors (Lipinski definition) is 2. The number of para-hydroxylation sites is 1. The van der Waals surface area contributed by atoms with Crippen molar-refractivity contribution < 1.29 is 9.59 Å². The fourth-order valence-corrected chi connectivity index (χ4v) is 1.38. The molecule has 5 heteroatoms. The summed E-state index contributed by atoms with van der Waals surface area (Å²) >= 11 is 5.85. The van der Waals surface area contributed by atoms with E-state index in [-0.39, 0.29) is 0 Å². The van der Waals surface area contributed by atoms with Crippen LogP contribution in [-0.4, -0.2) is 18.4 Å². The Morgan fingerprint density at radius 3 is 2.59 bits per heavy atom. The molecule has 0 unspecified atom stereocenters. The molecule has 0 aliphatic rings. The van der Waals surface area contributed by atoms with Gasteiger partial charge in [-0.25, -0.2) is 0 Å². The van der Waals surface area contributed by atoms with Crippen molar-refractivity contribution in [1.29, 1.82) is 0 Å². The fraction of sp³-hybridized carbons (Fsp3) is 0.333. The molecule has 0 aliphatic carbocycles. The Labute approximate surface area is 105 Å². The van der Waals surface area contributed by atoms with E-state index in [0.717, 1.165) is 12.8 Å². The number of halogens is 1. The molecule has 2 N–H and O–H groups in total. The van der Waals surface area contributed by atoms with Gasteiger partial charge in [0.1, 0.15) is 0 Å². The van der Waals surface area contributed by atoms with Gasteiger partial charge in [-0.2, -0.15) is 0 Å². The Hall–Kier alpha value is -1.55. The molecular weight excluding hydrogens is 240 g/mol. The Morgan fingerprint density at radius 2 is 1.94 bits per heavy atom. The molecular formula is C12H15ClN2O2. The van der Waals surface area contributed by atoms with Gasteiger partial charge in [0.05, 0.1) is 10.7 Å². The van der Waals surface area contributed by atoms with E-state index in [2.05, 4.69) is 10.6 Å². The number of anilines is 1. The Balaban J connectivity index is 2.49. The Bertz CT molecular complexity index is 407. The summed E-state index contributed by atoms with van der Waals surface area (Å²) in [5, 5.41) is 5.39. The maximum Gasteiger partial charge on any atom is 0.313 e. The predicted molar refractivity (Wildman–Crippen MR) is 68.0 cm³/mol. The van der Waals surface area contributed by atoms with Gasteiger partial charge < -0.3 is 10.6 Å². The van der Waals surface area contributed by atoms with Crippen LogP contribution in [0.25, 0.3) is 0 Å². The van der Waals surface area contributed by atoms with Gasteiger partial charge in [0.25, 0.3) is 0 Å². The molecule has 0 atom stereocenters. The average Bonchev–Trinajstić information content (AvgIpc) is 2.32. The van der Waals surface area contributed by atoms with Crippen molar-refractivity contribution in [1.82, 2.24) is 5.32 Å². The first-order valence-electron chi connectivity index (χ1n) is 5.49. The highest BCUT2D eigenvalue weighted by Gasteiger charge is 2.13. The van der Waals surface area contributed by atoms with E-state index in [1.54, 1.807) is 24.3 Å². The second-order valence-electron chi connectivity index (χ2n) is 3.54. The van der Waals surface area contributed by atoms with Crippen LogP contribution in [0.4, 0.5) is 5.69 Å². The van der Waals surface area contributed by atoms with E-state index in [0.29, 0.717) is 17.3 Å². The highest BCUT2D eigenvalue weighted by Crippen LogP contribution is 2.19. The van der Waals surface area contributed by atoms with Crippen LogP contribution in [0.5, 0.6) is 0 Å². The monoisotopic (exact) mass is 254 g/mol. The first-order valence-corrected chi connectivity index (χ1v) is 5.86. The number of amides is 2. The highest BCUT2D eigenvalue weighted by molar-refractivity contribution is 6.41. The standard InChI is InChI=1S/C12H15ClN2O2/c1-2-3-8-14-11(16)12(17)15-10-7-5-4-6-9(10)13/h4-7H,2-3,8H2,1H3,(H,14,16)(H,15,17). The first kappa shape index (κ1) is 13.5. The van der Waals surface area contributed by atoms with E-state index in [4.69, 9.17) is 11.6 Å². The molecule has 0 aromatic heterocycles. The van der Waals surface area contributed by atoms with Gasteiger partial charge in [-0.1, -0.05) is 37.1 Å². The third-order valence-corrected chi connectivity index (χ3v) is 2.47. The normalized spacial score (nSPS) is 9.76. The molecule has 1 rings (SSSR count). The van der Waals surface area contributed by atoms with Crippen molar-refractivity contribution in [3.63, 3.8) is 0 Å². The third kappa shape index (κ3) is 4.44. The summed E-state index contributed by atoms with van der Waals surface area (Å²) in [6.07, 6.45) is 1.82. The van der Waals surface area contributed by atoms with Gasteiger partial charge in [0.15, 0.2) is 0 Å². The van der Waals surface area contributed by atoms with Crippen LogP contribution in [0.2, 0.25) is 5.02 Å². The van der Waals surface area contributed by atoms with Gasteiger partial charge in [-0.15, -0.1) is 0 Å². The zero-order chi connectivity index (χ0) is 12.7. The number of unbranched alkanes of at least 4 members (excludes halogenated alkanes) is 1. The third-order valence-electron chi connectivity index (χ3n) is 2.14. The molecule has 0 heterocycles. The zero-order valence-electron chi connectivity index (χ0n) is 9.63. The van der Waals surface area contributed by atoms with Crippen molar-refractivity contribution >= 4 is 29.1 Å². The smallest absolute Gasteiger partial charge is 0.313 e. The summed E-state index contributed by atoms with van der Waals surface area (Å²) in [6.45, 7) is 2.52. The Kier molecular flexibility index (Phi) is 5.49. The lowest BCUT2D eigenvalue weighted by molar-refractivity contribution is -0.136. The highest BCUT2D eigenvalue weighted by atomic mass is 35.5. The summed E-state index contributed by atoms with van der Waals surface area (Å²) in [7, 11) is 0. The maximum atomic E-state index is 11.5. The molecule has 1 aromatic carbocycles. The molecule has 4 nitrogen and oxygen atoms in total. The lowest BCUT2D eigenvalue weighted by atomic mass is 10.3. The number of benzene rings is 1. The van der Waals surface area contributed by atoms with Crippen molar-refractivity contribution in [2.24, 2.45) is 0 Å². The molecule has 1 aromatic rings. The predicted octanol–water partition coefficient (Wildman–Crippen LogP) is 2.19. The molecule has 92 valence electrons. The number of carbonyl (C=O) groups is 2. The summed E-state index contributed by atoms with van der Waals surface area (Å²) < 4.78 is 0. The number of rotatable bonds is 4. The van der Waals surface area contributed by atoms with Crippen molar-refractivity contribution in [2.75, 3.05) is 11.9 Å². The lowest BCUT2D eigenvalue weighted by Gasteiger charge is -2.07. The van der Waals surface area contributed by atoms with E-state index < -0.39 is 11.8 Å². The molecule has 0 spiro atoms. The number of carbonyl (C=O) groups excluding carboxylic acids is 2. The Morgan fingerprint density at radius 1 is 1.24 bits per heavy atom. The second-order valence-corrected chi connectivity index (χ2v) is 3.95. The zero-order valence-corrected chi connectivity index (χ0v) is 10.4. The minimum atomic E-state index is -0.700. The molecule has 0 fully saturated rings. The van der Waals surface area contributed by atoms with Gasteiger partial charge >= 0.3 is 11.8 Å². The van der Waals surface area contributed by atoms with E-state index in [9.17, 15) is 9.59 Å². The lowest BCUT2D eigenvalue weighted by Crippen LogP contribution is -2.35. The number of hydrogen-bond acceptors (Lipinski definition) is 2.